The van der Waals surface area contributed by atoms with Crippen molar-refractivity contribution in [3.05, 3.63) is 35.9 Å². The Hall–Kier alpha value is -1.34. The zero-order valence-electron chi connectivity index (χ0n) is 8.29. The van der Waals surface area contributed by atoms with Crippen LogP contribution in [0.5, 0.6) is 0 Å². The molecule has 2 rings (SSSR count). The maximum absolute atomic E-state index is 11.4. The van der Waals surface area contributed by atoms with Crippen LogP contribution in [0.15, 0.2) is 30.3 Å². The molecule has 1 aromatic rings. The number of sulfone groups is 1. The molecule has 0 aromatic heterocycles. The van der Waals surface area contributed by atoms with E-state index in [0.717, 1.165) is 5.56 Å². The van der Waals surface area contributed by atoms with Gasteiger partial charge in [0.25, 0.3) is 0 Å². The highest BCUT2D eigenvalue weighted by atomic mass is 32.2. The predicted molar refractivity (Wildman–Crippen MR) is 56.9 cm³/mol. The maximum Gasteiger partial charge on any atom is 0.152 e. The van der Waals surface area contributed by atoms with Crippen molar-refractivity contribution in [2.24, 2.45) is 5.92 Å². The fraction of sp³-hybridized carbons (Fsp3) is 0.364. The third kappa shape index (κ3) is 1.75. The molecule has 3 nitrogen and oxygen atoms in total. The van der Waals surface area contributed by atoms with Crippen LogP contribution in [0.3, 0.4) is 0 Å². The quantitative estimate of drug-likeness (QED) is 0.757. The van der Waals surface area contributed by atoms with Gasteiger partial charge in [-0.15, -0.1) is 0 Å². The van der Waals surface area contributed by atoms with Gasteiger partial charge >= 0.3 is 0 Å². The smallest absolute Gasteiger partial charge is 0.152 e. The van der Waals surface area contributed by atoms with E-state index in [1.54, 1.807) is 0 Å². The van der Waals surface area contributed by atoms with E-state index in [2.05, 4.69) is 6.07 Å². The molecule has 0 saturated heterocycles. The SMILES string of the molecule is CS(=O)(=O)[C@H]1[C@@H](C#N)[C@@H]1c1ccccc1. The lowest BCUT2D eigenvalue weighted by molar-refractivity contribution is 0.599. The van der Waals surface area contributed by atoms with Gasteiger partial charge < -0.3 is 0 Å². The summed E-state index contributed by atoms with van der Waals surface area (Å²) in [6.07, 6.45) is 1.20. The Labute approximate surface area is 89.3 Å². The van der Waals surface area contributed by atoms with Crippen LogP contribution in [0.25, 0.3) is 0 Å². The summed E-state index contributed by atoms with van der Waals surface area (Å²) in [5.74, 6) is -0.506. The summed E-state index contributed by atoms with van der Waals surface area (Å²) in [5, 5.41) is 8.35. The van der Waals surface area contributed by atoms with Gasteiger partial charge in [0, 0.05) is 12.2 Å². The molecule has 1 saturated carbocycles. The molecule has 15 heavy (non-hydrogen) atoms. The normalized spacial score (nSPS) is 29.5. The second-order valence-corrected chi connectivity index (χ2v) is 6.09. The van der Waals surface area contributed by atoms with Gasteiger partial charge in [-0.05, 0) is 5.56 Å². The van der Waals surface area contributed by atoms with Crippen molar-refractivity contribution in [2.45, 2.75) is 11.2 Å². The van der Waals surface area contributed by atoms with E-state index in [1.807, 2.05) is 30.3 Å². The molecule has 0 heterocycles. The molecule has 0 aliphatic heterocycles. The van der Waals surface area contributed by atoms with Gasteiger partial charge in [-0.2, -0.15) is 5.26 Å². The summed E-state index contributed by atoms with van der Waals surface area (Å²) >= 11 is 0. The molecule has 1 fully saturated rings. The summed E-state index contributed by atoms with van der Waals surface area (Å²) in [4.78, 5) is 0. The molecule has 0 N–H and O–H groups in total. The largest absolute Gasteiger partial charge is 0.229 e. The van der Waals surface area contributed by atoms with Crippen LogP contribution in [0.4, 0.5) is 0 Å². The minimum absolute atomic E-state index is 0.133. The van der Waals surface area contributed by atoms with Gasteiger partial charge in [0.2, 0.25) is 0 Å². The standard InChI is InChI=1S/C11H11NO2S/c1-15(13,14)11-9(7-12)10(11)8-5-3-2-4-6-8/h2-6,9-11H,1H3/t9-,10-,11-/m0/s1. The Morgan fingerprint density at radius 3 is 2.27 bits per heavy atom. The second-order valence-electron chi connectivity index (χ2n) is 3.89. The van der Waals surface area contributed by atoms with E-state index in [1.165, 1.54) is 6.26 Å². The van der Waals surface area contributed by atoms with Crippen molar-refractivity contribution < 1.29 is 8.42 Å². The van der Waals surface area contributed by atoms with Crippen LogP contribution in [-0.4, -0.2) is 19.9 Å². The number of nitriles is 1. The third-order valence-corrected chi connectivity index (χ3v) is 4.36. The highest BCUT2D eigenvalue weighted by Gasteiger charge is 2.57. The maximum atomic E-state index is 11.4. The lowest BCUT2D eigenvalue weighted by Gasteiger charge is -1.97. The summed E-state index contributed by atoms with van der Waals surface area (Å²) < 4.78 is 22.8. The molecular formula is C11H11NO2S. The molecule has 0 bridgehead atoms. The van der Waals surface area contributed by atoms with E-state index < -0.39 is 15.1 Å². The zero-order chi connectivity index (χ0) is 11.1. The number of benzene rings is 1. The molecule has 1 aliphatic carbocycles. The number of rotatable bonds is 2. The molecule has 1 aromatic carbocycles. The minimum Gasteiger partial charge on any atom is -0.229 e. The average molecular weight is 221 g/mol. The molecule has 0 unspecified atom stereocenters. The van der Waals surface area contributed by atoms with Crippen LogP contribution in [-0.2, 0) is 9.84 Å². The topological polar surface area (TPSA) is 57.9 Å². The Morgan fingerprint density at radius 1 is 1.27 bits per heavy atom. The lowest BCUT2D eigenvalue weighted by Crippen LogP contribution is -2.06. The van der Waals surface area contributed by atoms with Crippen molar-refractivity contribution in [3.8, 4) is 6.07 Å². The molecule has 3 atom stereocenters. The highest BCUT2D eigenvalue weighted by molar-refractivity contribution is 7.91. The van der Waals surface area contributed by atoms with Crippen molar-refractivity contribution in [2.75, 3.05) is 6.26 Å². The van der Waals surface area contributed by atoms with E-state index in [-0.39, 0.29) is 11.8 Å². The van der Waals surface area contributed by atoms with Crippen LogP contribution in [0.1, 0.15) is 11.5 Å². The zero-order valence-corrected chi connectivity index (χ0v) is 9.11. The fourth-order valence-corrected chi connectivity index (χ4v) is 3.57. The van der Waals surface area contributed by atoms with Gasteiger partial charge in [0.05, 0.1) is 17.2 Å². The predicted octanol–water partition coefficient (Wildman–Crippen LogP) is 1.34. The first-order chi connectivity index (χ1) is 7.05. The Bertz CT molecular complexity index is 501. The summed E-state index contributed by atoms with van der Waals surface area (Å²) in [7, 11) is -3.11. The summed E-state index contributed by atoms with van der Waals surface area (Å²) in [6, 6.07) is 11.4. The summed E-state index contributed by atoms with van der Waals surface area (Å²) in [6.45, 7) is 0. The van der Waals surface area contributed by atoms with Crippen LogP contribution in [0.2, 0.25) is 0 Å². The third-order valence-electron chi connectivity index (χ3n) is 2.78. The van der Waals surface area contributed by atoms with Crippen LogP contribution < -0.4 is 0 Å². The van der Waals surface area contributed by atoms with E-state index in [4.69, 9.17) is 5.26 Å². The van der Waals surface area contributed by atoms with Crippen molar-refractivity contribution in [1.29, 1.82) is 5.26 Å². The van der Waals surface area contributed by atoms with E-state index >= 15 is 0 Å². The Morgan fingerprint density at radius 2 is 1.87 bits per heavy atom. The number of nitrogens with zero attached hydrogens (tertiary/aromatic N) is 1. The lowest BCUT2D eigenvalue weighted by atomic mass is 10.1. The van der Waals surface area contributed by atoms with Gasteiger partial charge in [-0.3, -0.25) is 0 Å². The molecule has 0 radical (unpaired) electrons. The van der Waals surface area contributed by atoms with Gasteiger partial charge in [0.15, 0.2) is 9.84 Å². The number of hydrogen-bond donors (Lipinski definition) is 0. The first-order valence-electron chi connectivity index (χ1n) is 4.69. The minimum atomic E-state index is -3.11. The van der Waals surface area contributed by atoms with E-state index in [9.17, 15) is 8.42 Å². The Kier molecular flexibility index (Phi) is 2.28. The molecule has 4 heteroatoms. The summed E-state index contributed by atoms with van der Waals surface area (Å²) in [5.41, 5.74) is 0.944. The van der Waals surface area contributed by atoms with Gasteiger partial charge in [0.1, 0.15) is 0 Å². The van der Waals surface area contributed by atoms with Gasteiger partial charge in [-0.25, -0.2) is 8.42 Å². The molecule has 0 amide bonds. The second kappa shape index (κ2) is 3.35. The first-order valence-corrected chi connectivity index (χ1v) is 6.64. The van der Waals surface area contributed by atoms with Crippen LogP contribution >= 0.6 is 0 Å². The molecular weight excluding hydrogens is 210 g/mol. The van der Waals surface area contributed by atoms with Crippen molar-refractivity contribution in [1.82, 2.24) is 0 Å². The Balaban J connectivity index is 2.32. The fourth-order valence-electron chi connectivity index (χ4n) is 2.04. The molecule has 78 valence electrons. The molecule has 1 aliphatic rings. The monoisotopic (exact) mass is 221 g/mol. The molecule has 0 spiro atoms. The number of hydrogen-bond acceptors (Lipinski definition) is 3. The van der Waals surface area contributed by atoms with Crippen molar-refractivity contribution in [3.63, 3.8) is 0 Å². The highest BCUT2D eigenvalue weighted by Crippen LogP contribution is 2.51. The average Bonchev–Trinajstić information content (AvgIpc) is 2.92. The first kappa shape index (κ1) is 10.2. The van der Waals surface area contributed by atoms with E-state index in [0.29, 0.717) is 0 Å². The van der Waals surface area contributed by atoms with Crippen LogP contribution in [0, 0.1) is 17.2 Å². The van der Waals surface area contributed by atoms with Gasteiger partial charge in [-0.1, -0.05) is 30.3 Å². The van der Waals surface area contributed by atoms with Crippen molar-refractivity contribution >= 4 is 9.84 Å².